The van der Waals surface area contributed by atoms with E-state index in [1.54, 1.807) is 17.0 Å². The number of hydrogen-bond acceptors (Lipinski definition) is 3. The van der Waals surface area contributed by atoms with Gasteiger partial charge >= 0.3 is 6.03 Å². The van der Waals surface area contributed by atoms with Crippen molar-refractivity contribution in [2.75, 3.05) is 37.7 Å². The third kappa shape index (κ3) is 3.28. The Labute approximate surface area is 152 Å². The molecule has 0 bridgehead atoms. The Balaban J connectivity index is 1.51. The predicted octanol–water partition coefficient (Wildman–Crippen LogP) is 2.43. The molecule has 1 atom stereocenters. The summed E-state index contributed by atoms with van der Waals surface area (Å²) >= 11 is 0. The van der Waals surface area contributed by atoms with E-state index in [0.717, 1.165) is 11.3 Å². The fraction of sp³-hybridized carbons (Fsp3) is 0.300. The van der Waals surface area contributed by atoms with Gasteiger partial charge in [0.2, 0.25) is 0 Å². The zero-order valence-electron chi connectivity index (χ0n) is 14.4. The first-order valence-corrected chi connectivity index (χ1v) is 8.83. The van der Waals surface area contributed by atoms with Crippen molar-refractivity contribution < 1.29 is 14.3 Å². The SMILES string of the molecule is O=C(c1cccc(N2CCNC2=O)c1)N1CCO[C@H](c2ccccc2)C1. The van der Waals surface area contributed by atoms with E-state index >= 15 is 0 Å². The van der Waals surface area contributed by atoms with E-state index < -0.39 is 0 Å². The van der Waals surface area contributed by atoms with Gasteiger partial charge < -0.3 is 15.0 Å². The molecule has 0 unspecified atom stereocenters. The van der Waals surface area contributed by atoms with Gasteiger partial charge in [-0.05, 0) is 23.8 Å². The van der Waals surface area contributed by atoms with Crippen LogP contribution >= 0.6 is 0 Å². The highest BCUT2D eigenvalue weighted by molar-refractivity contribution is 5.98. The number of anilines is 1. The molecule has 4 rings (SSSR count). The molecule has 0 saturated carbocycles. The van der Waals surface area contributed by atoms with Gasteiger partial charge in [0.1, 0.15) is 6.10 Å². The Morgan fingerprint density at radius 1 is 1.08 bits per heavy atom. The number of nitrogens with zero attached hydrogens (tertiary/aromatic N) is 2. The largest absolute Gasteiger partial charge is 0.370 e. The van der Waals surface area contributed by atoms with Crippen molar-refractivity contribution in [2.45, 2.75) is 6.10 Å². The molecule has 2 heterocycles. The van der Waals surface area contributed by atoms with Crippen LogP contribution in [0.1, 0.15) is 22.0 Å². The van der Waals surface area contributed by atoms with Crippen LogP contribution in [-0.4, -0.2) is 49.6 Å². The van der Waals surface area contributed by atoms with Crippen molar-refractivity contribution >= 4 is 17.6 Å². The van der Waals surface area contributed by atoms with E-state index in [2.05, 4.69) is 5.32 Å². The van der Waals surface area contributed by atoms with Gasteiger partial charge in [0.25, 0.3) is 5.91 Å². The summed E-state index contributed by atoms with van der Waals surface area (Å²) in [6, 6.07) is 17.1. The summed E-state index contributed by atoms with van der Waals surface area (Å²) in [4.78, 5) is 28.3. The second-order valence-corrected chi connectivity index (χ2v) is 6.46. The Morgan fingerprint density at radius 2 is 1.92 bits per heavy atom. The highest BCUT2D eigenvalue weighted by Gasteiger charge is 2.27. The van der Waals surface area contributed by atoms with E-state index in [4.69, 9.17) is 4.74 Å². The monoisotopic (exact) mass is 351 g/mol. The maximum atomic E-state index is 13.0. The van der Waals surface area contributed by atoms with Gasteiger partial charge in [0.15, 0.2) is 0 Å². The van der Waals surface area contributed by atoms with Crippen molar-refractivity contribution in [3.8, 4) is 0 Å². The molecule has 0 spiro atoms. The molecule has 2 aliphatic rings. The second-order valence-electron chi connectivity index (χ2n) is 6.46. The number of amides is 3. The Morgan fingerprint density at radius 3 is 2.69 bits per heavy atom. The Bertz CT molecular complexity index is 809. The molecule has 0 aromatic heterocycles. The van der Waals surface area contributed by atoms with Crippen molar-refractivity contribution in [3.63, 3.8) is 0 Å². The predicted molar refractivity (Wildman–Crippen MR) is 98.2 cm³/mol. The van der Waals surface area contributed by atoms with Crippen LogP contribution in [0.5, 0.6) is 0 Å². The lowest BCUT2D eigenvalue weighted by Crippen LogP contribution is -2.42. The third-order valence-corrected chi connectivity index (χ3v) is 4.79. The fourth-order valence-corrected chi connectivity index (χ4v) is 3.41. The summed E-state index contributed by atoms with van der Waals surface area (Å²) in [6.45, 7) is 2.84. The van der Waals surface area contributed by atoms with E-state index in [1.165, 1.54) is 0 Å². The molecule has 0 aliphatic carbocycles. The maximum Gasteiger partial charge on any atom is 0.321 e. The molecule has 2 fully saturated rings. The first-order valence-electron chi connectivity index (χ1n) is 8.83. The van der Waals surface area contributed by atoms with Crippen molar-refractivity contribution in [1.82, 2.24) is 10.2 Å². The van der Waals surface area contributed by atoms with Gasteiger partial charge in [-0.25, -0.2) is 4.79 Å². The number of benzene rings is 2. The first kappa shape index (κ1) is 16.6. The zero-order chi connectivity index (χ0) is 17.9. The molecule has 2 saturated heterocycles. The van der Waals surface area contributed by atoms with Crippen molar-refractivity contribution in [2.24, 2.45) is 0 Å². The van der Waals surface area contributed by atoms with Crippen LogP contribution in [0, 0.1) is 0 Å². The van der Waals surface area contributed by atoms with Crippen LogP contribution in [-0.2, 0) is 4.74 Å². The van der Waals surface area contributed by atoms with Gasteiger partial charge in [0, 0.05) is 30.9 Å². The zero-order valence-corrected chi connectivity index (χ0v) is 14.4. The summed E-state index contributed by atoms with van der Waals surface area (Å²) in [5, 5.41) is 2.78. The van der Waals surface area contributed by atoms with Gasteiger partial charge in [-0.2, -0.15) is 0 Å². The molecule has 6 nitrogen and oxygen atoms in total. The van der Waals surface area contributed by atoms with E-state index in [9.17, 15) is 9.59 Å². The molecule has 2 aromatic carbocycles. The van der Waals surface area contributed by atoms with Gasteiger partial charge in [-0.1, -0.05) is 36.4 Å². The number of urea groups is 1. The molecular formula is C20H21N3O3. The van der Waals surface area contributed by atoms with E-state index in [-0.39, 0.29) is 18.0 Å². The molecule has 2 aromatic rings. The standard InChI is InChI=1S/C20H21N3O3/c24-19(16-7-4-8-17(13-16)23-10-9-21-20(23)25)22-11-12-26-18(14-22)15-5-2-1-3-6-15/h1-8,13,18H,9-12,14H2,(H,21,25)/t18-/m0/s1. The number of nitrogens with one attached hydrogen (secondary N) is 1. The molecule has 6 heteroatoms. The molecule has 2 aliphatic heterocycles. The Hall–Kier alpha value is -2.86. The highest BCUT2D eigenvalue weighted by atomic mass is 16.5. The van der Waals surface area contributed by atoms with E-state index in [1.807, 2.05) is 47.4 Å². The topological polar surface area (TPSA) is 61.9 Å². The van der Waals surface area contributed by atoms with Crippen LogP contribution in [0.15, 0.2) is 54.6 Å². The van der Waals surface area contributed by atoms with Gasteiger partial charge in [-0.15, -0.1) is 0 Å². The lowest BCUT2D eigenvalue weighted by molar-refractivity contribution is -0.0228. The average molecular weight is 351 g/mol. The van der Waals surface area contributed by atoms with Crippen LogP contribution in [0.2, 0.25) is 0 Å². The molecule has 3 amide bonds. The fourth-order valence-electron chi connectivity index (χ4n) is 3.41. The number of carbonyl (C=O) groups is 2. The normalized spacial score (nSPS) is 20.2. The number of morpholine rings is 1. The maximum absolute atomic E-state index is 13.0. The summed E-state index contributed by atoms with van der Waals surface area (Å²) in [6.07, 6.45) is -0.110. The minimum atomic E-state index is -0.120. The summed E-state index contributed by atoms with van der Waals surface area (Å²) in [5.41, 5.74) is 2.42. The summed E-state index contributed by atoms with van der Waals surface area (Å²) in [7, 11) is 0. The third-order valence-electron chi connectivity index (χ3n) is 4.79. The number of hydrogen-bond donors (Lipinski definition) is 1. The minimum absolute atomic E-state index is 0.0318. The van der Waals surface area contributed by atoms with E-state index in [0.29, 0.717) is 38.3 Å². The molecule has 26 heavy (non-hydrogen) atoms. The number of carbonyl (C=O) groups excluding carboxylic acids is 2. The highest BCUT2D eigenvalue weighted by Crippen LogP contribution is 2.24. The summed E-state index contributed by atoms with van der Waals surface area (Å²) < 4.78 is 5.84. The molecular weight excluding hydrogens is 330 g/mol. The lowest BCUT2D eigenvalue weighted by Gasteiger charge is -2.33. The molecule has 134 valence electrons. The van der Waals surface area contributed by atoms with Crippen LogP contribution < -0.4 is 10.2 Å². The smallest absolute Gasteiger partial charge is 0.321 e. The first-order chi connectivity index (χ1) is 12.7. The number of rotatable bonds is 3. The van der Waals surface area contributed by atoms with Crippen molar-refractivity contribution in [1.29, 1.82) is 0 Å². The molecule has 0 radical (unpaired) electrons. The summed E-state index contributed by atoms with van der Waals surface area (Å²) in [5.74, 6) is -0.0318. The van der Waals surface area contributed by atoms with Crippen LogP contribution in [0.3, 0.4) is 0 Å². The van der Waals surface area contributed by atoms with Gasteiger partial charge in [-0.3, -0.25) is 9.69 Å². The second kappa shape index (κ2) is 7.17. The average Bonchev–Trinajstić information content (AvgIpc) is 3.14. The minimum Gasteiger partial charge on any atom is -0.370 e. The van der Waals surface area contributed by atoms with Gasteiger partial charge in [0.05, 0.1) is 13.2 Å². The number of ether oxygens (including phenoxy) is 1. The molecule has 1 N–H and O–H groups in total. The lowest BCUT2D eigenvalue weighted by atomic mass is 10.1. The van der Waals surface area contributed by atoms with Crippen molar-refractivity contribution in [3.05, 3.63) is 65.7 Å². The van der Waals surface area contributed by atoms with Crippen LogP contribution in [0.25, 0.3) is 0 Å². The van der Waals surface area contributed by atoms with Crippen LogP contribution in [0.4, 0.5) is 10.5 Å². The quantitative estimate of drug-likeness (QED) is 0.924. The Kier molecular flexibility index (Phi) is 4.58.